The van der Waals surface area contributed by atoms with E-state index in [1.807, 2.05) is 25.1 Å². The first-order valence-electron chi connectivity index (χ1n) is 9.84. The van der Waals surface area contributed by atoms with Crippen molar-refractivity contribution >= 4 is 35.3 Å². The standard InChI is InChI=1S/C21H27ClN2O4S/c1-3-5-6-10-16(19(25)26)20(27)28-18-13-23-21(29-12-4-2)24(18)14-15-9-7-8-11-17(15)22/h7-9,11,13,16H,3-6,10,12,14H2,1-2H3,(H,25,26). The Morgan fingerprint density at radius 3 is 2.66 bits per heavy atom. The summed E-state index contributed by atoms with van der Waals surface area (Å²) in [6, 6.07) is 7.43. The number of carbonyl (C=O) groups is 2. The van der Waals surface area contributed by atoms with Gasteiger partial charge in [0.1, 0.15) is 0 Å². The van der Waals surface area contributed by atoms with E-state index in [1.165, 1.54) is 6.20 Å². The van der Waals surface area contributed by atoms with E-state index in [-0.39, 0.29) is 12.3 Å². The van der Waals surface area contributed by atoms with Gasteiger partial charge in [0.15, 0.2) is 11.1 Å². The van der Waals surface area contributed by atoms with Gasteiger partial charge in [-0.25, -0.2) is 4.98 Å². The van der Waals surface area contributed by atoms with Crippen molar-refractivity contribution in [2.24, 2.45) is 5.92 Å². The number of halogens is 1. The Bertz CT molecular complexity index is 825. The summed E-state index contributed by atoms with van der Waals surface area (Å²) in [5.74, 6) is -2.01. The van der Waals surface area contributed by atoms with E-state index < -0.39 is 17.9 Å². The Morgan fingerprint density at radius 2 is 2.00 bits per heavy atom. The fourth-order valence-electron chi connectivity index (χ4n) is 2.79. The lowest BCUT2D eigenvalue weighted by Crippen LogP contribution is -2.28. The molecule has 0 spiro atoms. The number of aliphatic carboxylic acids is 1. The van der Waals surface area contributed by atoms with Crippen LogP contribution in [-0.2, 0) is 16.1 Å². The molecule has 0 aliphatic rings. The van der Waals surface area contributed by atoms with Crippen LogP contribution in [0.15, 0.2) is 35.6 Å². The summed E-state index contributed by atoms with van der Waals surface area (Å²) in [5.41, 5.74) is 0.862. The van der Waals surface area contributed by atoms with E-state index in [9.17, 15) is 14.7 Å². The number of thioether (sulfide) groups is 1. The van der Waals surface area contributed by atoms with Crippen LogP contribution in [0.2, 0.25) is 5.02 Å². The lowest BCUT2D eigenvalue weighted by atomic mass is 10.0. The summed E-state index contributed by atoms with van der Waals surface area (Å²) < 4.78 is 7.26. The minimum Gasteiger partial charge on any atom is -0.481 e. The fourth-order valence-corrected chi connectivity index (χ4v) is 3.81. The Morgan fingerprint density at radius 1 is 1.24 bits per heavy atom. The third-order valence-electron chi connectivity index (χ3n) is 4.39. The zero-order valence-corrected chi connectivity index (χ0v) is 18.3. The highest BCUT2D eigenvalue weighted by Crippen LogP contribution is 2.28. The summed E-state index contributed by atoms with van der Waals surface area (Å²) in [4.78, 5) is 28.5. The number of hydrogen-bond donors (Lipinski definition) is 1. The van der Waals surface area contributed by atoms with Crippen LogP contribution in [-0.4, -0.2) is 32.3 Å². The number of carboxylic acids is 1. The first kappa shape index (κ1) is 23.3. The van der Waals surface area contributed by atoms with Crippen molar-refractivity contribution in [3.63, 3.8) is 0 Å². The zero-order valence-electron chi connectivity index (χ0n) is 16.8. The number of aromatic nitrogens is 2. The number of carboxylic acid groups (broad SMARTS) is 1. The van der Waals surface area contributed by atoms with Gasteiger partial charge >= 0.3 is 11.9 Å². The van der Waals surface area contributed by atoms with E-state index >= 15 is 0 Å². The largest absolute Gasteiger partial charge is 0.481 e. The molecule has 158 valence electrons. The van der Waals surface area contributed by atoms with Crippen LogP contribution >= 0.6 is 23.4 Å². The third-order valence-corrected chi connectivity index (χ3v) is 5.95. The van der Waals surface area contributed by atoms with Gasteiger partial charge in [-0.3, -0.25) is 14.2 Å². The molecular weight excluding hydrogens is 412 g/mol. The normalized spacial score (nSPS) is 12.0. The number of imidazole rings is 1. The van der Waals surface area contributed by atoms with Crippen LogP contribution in [0.1, 0.15) is 51.5 Å². The molecule has 1 heterocycles. The van der Waals surface area contributed by atoms with Crippen molar-refractivity contribution in [2.75, 3.05) is 5.75 Å². The Balaban J connectivity index is 2.24. The monoisotopic (exact) mass is 438 g/mol. The zero-order chi connectivity index (χ0) is 21.2. The molecule has 29 heavy (non-hydrogen) atoms. The van der Waals surface area contributed by atoms with Gasteiger partial charge in [0, 0.05) is 10.8 Å². The molecule has 0 bridgehead atoms. The van der Waals surface area contributed by atoms with E-state index in [2.05, 4.69) is 11.9 Å². The lowest BCUT2D eigenvalue weighted by molar-refractivity contribution is -0.153. The Kier molecular flexibility index (Phi) is 9.54. The summed E-state index contributed by atoms with van der Waals surface area (Å²) in [6.45, 7) is 4.47. The molecule has 2 rings (SSSR count). The van der Waals surface area contributed by atoms with Gasteiger partial charge < -0.3 is 9.84 Å². The second-order valence-corrected chi connectivity index (χ2v) is 8.18. The maximum absolute atomic E-state index is 12.6. The molecule has 2 aromatic rings. The Labute approximate surface area is 180 Å². The highest BCUT2D eigenvalue weighted by molar-refractivity contribution is 7.99. The smallest absolute Gasteiger partial charge is 0.327 e. The van der Waals surface area contributed by atoms with Gasteiger partial charge in [-0.2, -0.15) is 0 Å². The average molecular weight is 439 g/mol. The van der Waals surface area contributed by atoms with Crippen molar-refractivity contribution in [3.8, 4) is 5.88 Å². The highest BCUT2D eigenvalue weighted by atomic mass is 35.5. The highest BCUT2D eigenvalue weighted by Gasteiger charge is 2.29. The maximum atomic E-state index is 12.6. The Hall–Kier alpha value is -1.99. The first-order chi connectivity index (χ1) is 14.0. The number of nitrogens with zero attached hydrogens (tertiary/aromatic N) is 2. The van der Waals surface area contributed by atoms with Crippen LogP contribution in [0, 0.1) is 5.92 Å². The molecule has 0 amide bonds. The van der Waals surface area contributed by atoms with Crippen molar-refractivity contribution < 1.29 is 19.4 Å². The second kappa shape index (κ2) is 11.9. The molecule has 1 unspecified atom stereocenters. The fraction of sp³-hybridized carbons (Fsp3) is 0.476. The van der Waals surface area contributed by atoms with Crippen LogP contribution in [0.5, 0.6) is 5.88 Å². The summed E-state index contributed by atoms with van der Waals surface area (Å²) in [7, 11) is 0. The molecule has 1 aromatic heterocycles. The molecule has 6 nitrogen and oxygen atoms in total. The van der Waals surface area contributed by atoms with Gasteiger partial charge in [-0.05, 0) is 24.5 Å². The molecule has 0 saturated carbocycles. The number of esters is 1. The number of ether oxygens (including phenoxy) is 1. The van der Waals surface area contributed by atoms with Gasteiger partial charge in [0.05, 0.1) is 12.7 Å². The van der Waals surface area contributed by atoms with Crippen LogP contribution in [0.4, 0.5) is 0 Å². The number of hydrogen-bond acceptors (Lipinski definition) is 5. The van der Waals surface area contributed by atoms with Crippen molar-refractivity contribution in [1.29, 1.82) is 0 Å². The van der Waals surface area contributed by atoms with E-state index in [4.69, 9.17) is 16.3 Å². The third kappa shape index (κ3) is 6.78. The topological polar surface area (TPSA) is 81.4 Å². The van der Waals surface area contributed by atoms with E-state index in [0.717, 1.165) is 30.6 Å². The molecule has 0 saturated heterocycles. The van der Waals surface area contributed by atoms with Crippen LogP contribution < -0.4 is 4.74 Å². The predicted octanol–water partition coefficient (Wildman–Crippen LogP) is 5.27. The predicted molar refractivity (Wildman–Crippen MR) is 115 cm³/mol. The summed E-state index contributed by atoms with van der Waals surface area (Å²) in [6.07, 6.45) is 5.19. The number of benzene rings is 1. The number of unbranched alkanes of at least 4 members (excludes halogenated alkanes) is 2. The first-order valence-corrected chi connectivity index (χ1v) is 11.2. The van der Waals surface area contributed by atoms with Crippen LogP contribution in [0.25, 0.3) is 0 Å². The average Bonchev–Trinajstić information content (AvgIpc) is 3.06. The van der Waals surface area contributed by atoms with Crippen LogP contribution in [0.3, 0.4) is 0 Å². The van der Waals surface area contributed by atoms with Crippen molar-refractivity contribution in [3.05, 3.63) is 41.0 Å². The number of carbonyl (C=O) groups excluding carboxylic acids is 1. The van der Waals surface area contributed by atoms with Crippen molar-refractivity contribution in [1.82, 2.24) is 9.55 Å². The molecule has 8 heteroatoms. The summed E-state index contributed by atoms with van der Waals surface area (Å²) in [5, 5.41) is 10.7. The van der Waals surface area contributed by atoms with Gasteiger partial charge in [0.2, 0.25) is 5.88 Å². The molecule has 1 N–H and O–H groups in total. The molecule has 0 aliphatic heterocycles. The molecule has 0 radical (unpaired) electrons. The van der Waals surface area contributed by atoms with E-state index in [1.54, 1.807) is 22.4 Å². The minimum atomic E-state index is -1.18. The SMILES string of the molecule is CCCCCC(C(=O)O)C(=O)Oc1cnc(SCCC)n1Cc1ccccc1Cl. The molecular formula is C21H27ClN2O4S. The van der Waals surface area contributed by atoms with E-state index in [0.29, 0.717) is 23.1 Å². The van der Waals surface area contributed by atoms with Gasteiger partial charge in [-0.15, -0.1) is 0 Å². The molecule has 1 aromatic carbocycles. The van der Waals surface area contributed by atoms with Gasteiger partial charge in [0.25, 0.3) is 0 Å². The minimum absolute atomic E-state index is 0.232. The van der Waals surface area contributed by atoms with Gasteiger partial charge in [-0.1, -0.05) is 74.7 Å². The number of rotatable bonds is 12. The second-order valence-electron chi connectivity index (χ2n) is 6.71. The quantitative estimate of drug-likeness (QED) is 0.210. The molecule has 0 fully saturated rings. The molecule has 1 atom stereocenters. The molecule has 0 aliphatic carbocycles. The maximum Gasteiger partial charge on any atom is 0.327 e. The summed E-state index contributed by atoms with van der Waals surface area (Å²) >= 11 is 7.85. The van der Waals surface area contributed by atoms with Crippen molar-refractivity contribution in [2.45, 2.75) is 57.7 Å². The lowest BCUT2D eigenvalue weighted by Gasteiger charge is -2.15.